The van der Waals surface area contributed by atoms with Crippen LogP contribution in [0.2, 0.25) is 0 Å². The zero-order chi connectivity index (χ0) is 13.9. The molecule has 1 aromatic heterocycles. The molecule has 0 atom stereocenters. The van der Waals surface area contributed by atoms with E-state index in [-0.39, 0.29) is 23.8 Å². The fourth-order valence-corrected chi connectivity index (χ4v) is 1.85. The van der Waals surface area contributed by atoms with Gasteiger partial charge in [-0.25, -0.2) is 13.4 Å². The summed E-state index contributed by atoms with van der Waals surface area (Å²) >= 11 is 0. The van der Waals surface area contributed by atoms with E-state index < -0.39 is 14.8 Å². The molecule has 100 valence electrons. The average Bonchev–Trinajstić information content (AvgIpc) is 2.24. The minimum absolute atomic E-state index is 0.0257. The Morgan fingerprint density at radius 3 is 2.56 bits per heavy atom. The Bertz CT molecular complexity index is 558. The van der Waals surface area contributed by atoms with E-state index in [1.54, 1.807) is 11.9 Å². The number of nitrogens with two attached hydrogens (primary N) is 1. The van der Waals surface area contributed by atoms with Gasteiger partial charge in [-0.05, 0) is 6.07 Å². The summed E-state index contributed by atoms with van der Waals surface area (Å²) in [4.78, 5) is 15.4. The lowest BCUT2D eigenvalue weighted by Crippen LogP contribution is -2.25. The van der Waals surface area contributed by atoms with Crippen molar-refractivity contribution >= 4 is 27.2 Å². The smallest absolute Gasteiger partial charge is 0.311 e. The predicted octanol–water partition coefficient (Wildman–Crippen LogP) is 0.0528. The van der Waals surface area contributed by atoms with Crippen molar-refractivity contribution < 1.29 is 13.3 Å². The van der Waals surface area contributed by atoms with Crippen molar-refractivity contribution in [1.29, 1.82) is 0 Å². The van der Waals surface area contributed by atoms with E-state index in [9.17, 15) is 18.5 Å². The standard InChI is InChI=1S/C9H14N4O4S/c1-12(5-6-18(2,16)17)8-4-3-7(13(14)15)9(10)11-8/h3-4H,5-6H2,1-2H3,(H2,10,11). The van der Waals surface area contributed by atoms with E-state index in [4.69, 9.17) is 5.73 Å². The third-order valence-electron chi connectivity index (χ3n) is 2.27. The number of pyridine rings is 1. The van der Waals surface area contributed by atoms with Crippen molar-refractivity contribution in [3.63, 3.8) is 0 Å². The normalized spacial score (nSPS) is 11.2. The van der Waals surface area contributed by atoms with E-state index >= 15 is 0 Å². The van der Waals surface area contributed by atoms with Gasteiger partial charge in [0, 0.05) is 25.9 Å². The molecule has 0 spiro atoms. The number of nitro groups is 1. The zero-order valence-corrected chi connectivity index (χ0v) is 10.8. The van der Waals surface area contributed by atoms with Crippen LogP contribution in [0.4, 0.5) is 17.3 Å². The lowest BCUT2D eigenvalue weighted by molar-refractivity contribution is -0.384. The Labute approximate surface area is 104 Å². The monoisotopic (exact) mass is 274 g/mol. The third kappa shape index (κ3) is 3.84. The molecule has 0 aromatic carbocycles. The minimum atomic E-state index is -3.07. The Morgan fingerprint density at radius 1 is 1.50 bits per heavy atom. The maximum absolute atomic E-state index is 11.0. The Morgan fingerprint density at radius 2 is 2.11 bits per heavy atom. The average molecular weight is 274 g/mol. The van der Waals surface area contributed by atoms with E-state index in [2.05, 4.69) is 4.98 Å². The van der Waals surface area contributed by atoms with Crippen LogP contribution in [-0.4, -0.2) is 43.9 Å². The van der Waals surface area contributed by atoms with Gasteiger partial charge in [-0.1, -0.05) is 0 Å². The molecule has 18 heavy (non-hydrogen) atoms. The molecule has 9 heteroatoms. The summed E-state index contributed by atoms with van der Waals surface area (Å²) in [6, 6.07) is 2.67. The highest BCUT2D eigenvalue weighted by Crippen LogP contribution is 2.22. The van der Waals surface area contributed by atoms with Crippen LogP contribution in [0.25, 0.3) is 0 Å². The van der Waals surface area contributed by atoms with Crippen LogP contribution in [0.1, 0.15) is 0 Å². The van der Waals surface area contributed by atoms with Crippen molar-refractivity contribution in [2.45, 2.75) is 0 Å². The van der Waals surface area contributed by atoms with Crippen molar-refractivity contribution in [2.24, 2.45) is 0 Å². The summed E-state index contributed by atoms with van der Waals surface area (Å²) in [6.07, 6.45) is 1.14. The molecule has 0 fully saturated rings. The Hall–Kier alpha value is -1.90. The molecule has 0 saturated heterocycles. The largest absolute Gasteiger partial charge is 0.378 e. The lowest BCUT2D eigenvalue weighted by atomic mass is 10.3. The van der Waals surface area contributed by atoms with Crippen LogP contribution in [0.15, 0.2) is 12.1 Å². The maximum atomic E-state index is 11.0. The molecule has 8 nitrogen and oxygen atoms in total. The van der Waals surface area contributed by atoms with Gasteiger partial charge in [0.25, 0.3) is 0 Å². The van der Waals surface area contributed by atoms with E-state index in [1.165, 1.54) is 12.1 Å². The van der Waals surface area contributed by atoms with E-state index in [1.807, 2.05) is 0 Å². The molecule has 0 saturated carbocycles. The molecule has 0 aliphatic heterocycles. The fourth-order valence-electron chi connectivity index (χ4n) is 1.24. The summed E-state index contributed by atoms with van der Waals surface area (Å²) in [7, 11) is -1.43. The van der Waals surface area contributed by atoms with Crippen molar-refractivity contribution in [2.75, 3.05) is 36.2 Å². The molecule has 0 radical (unpaired) electrons. The van der Waals surface area contributed by atoms with E-state index in [0.717, 1.165) is 6.26 Å². The summed E-state index contributed by atoms with van der Waals surface area (Å²) in [5.74, 6) is 0.174. The lowest BCUT2D eigenvalue weighted by Gasteiger charge is -2.17. The minimum Gasteiger partial charge on any atom is -0.378 e. The third-order valence-corrected chi connectivity index (χ3v) is 3.20. The van der Waals surface area contributed by atoms with Gasteiger partial charge in [0.1, 0.15) is 15.7 Å². The second kappa shape index (κ2) is 5.17. The number of hydrogen-bond acceptors (Lipinski definition) is 7. The number of nitrogen functional groups attached to an aromatic ring is 1. The van der Waals surface area contributed by atoms with Gasteiger partial charge in [0.2, 0.25) is 5.82 Å². The summed E-state index contributed by atoms with van der Waals surface area (Å²) in [5, 5.41) is 10.6. The quantitative estimate of drug-likeness (QED) is 0.595. The van der Waals surface area contributed by atoms with Gasteiger partial charge in [-0.2, -0.15) is 0 Å². The Kier molecular flexibility index (Phi) is 4.07. The van der Waals surface area contributed by atoms with Crippen LogP contribution < -0.4 is 10.6 Å². The highest BCUT2D eigenvalue weighted by molar-refractivity contribution is 7.90. The van der Waals surface area contributed by atoms with Crippen molar-refractivity contribution in [3.05, 3.63) is 22.2 Å². The highest BCUT2D eigenvalue weighted by Gasteiger charge is 2.15. The van der Waals surface area contributed by atoms with Gasteiger partial charge in [-0.3, -0.25) is 10.1 Å². The Balaban J connectivity index is 2.85. The maximum Gasteiger partial charge on any atom is 0.311 e. The zero-order valence-electron chi connectivity index (χ0n) is 10.0. The molecule has 0 bridgehead atoms. The number of rotatable bonds is 5. The molecule has 1 heterocycles. The number of aromatic nitrogens is 1. The molecule has 1 rings (SSSR count). The predicted molar refractivity (Wildman–Crippen MR) is 68.3 cm³/mol. The van der Waals surface area contributed by atoms with Gasteiger partial charge < -0.3 is 10.6 Å². The second-order valence-corrected chi connectivity index (χ2v) is 6.14. The van der Waals surface area contributed by atoms with Crippen LogP contribution in [0.5, 0.6) is 0 Å². The molecule has 0 unspecified atom stereocenters. The second-order valence-electron chi connectivity index (χ2n) is 3.88. The first kappa shape index (κ1) is 14.2. The topological polar surface area (TPSA) is 119 Å². The van der Waals surface area contributed by atoms with Gasteiger partial charge in [-0.15, -0.1) is 0 Å². The number of hydrogen-bond donors (Lipinski definition) is 1. The first-order valence-corrected chi connectivity index (χ1v) is 7.06. The van der Waals surface area contributed by atoms with Gasteiger partial charge >= 0.3 is 5.69 Å². The molecule has 2 N–H and O–H groups in total. The van der Waals surface area contributed by atoms with E-state index in [0.29, 0.717) is 5.82 Å². The SMILES string of the molecule is CN(CCS(C)(=O)=O)c1ccc([N+](=O)[O-])c(N)n1. The number of sulfone groups is 1. The first-order chi connectivity index (χ1) is 8.20. The first-order valence-electron chi connectivity index (χ1n) is 5.00. The van der Waals surface area contributed by atoms with Crippen LogP contribution >= 0.6 is 0 Å². The summed E-state index contributed by atoms with van der Waals surface area (Å²) in [5.41, 5.74) is 5.18. The molecule has 1 aromatic rings. The molecule has 0 amide bonds. The molecular weight excluding hydrogens is 260 g/mol. The van der Waals surface area contributed by atoms with Gasteiger partial charge in [0.15, 0.2) is 0 Å². The molecule has 0 aliphatic rings. The summed E-state index contributed by atoms with van der Waals surface area (Å²) in [6.45, 7) is 0.239. The summed E-state index contributed by atoms with van der Waals surface area (Å²) < 4.78 is 22.0. The number of anilines is 2. The van der Waals surface area contributed by atoms with Crippen LogP contribution in [0.3, 0.4) is 0 Å². The molecule has 0 aliphatic carbocycles. The van der Waals surface area contributed by atoms with Crippen molar-refractivity contribution in [3.8, 4) is 0 Å². The van der Waals surface area contributed by atoms with Crippen LogP contribution in [0, 0.1) is 10.1 Å². The fraction of sp³-hybridized carbons (Fsp3) is 0.444. The highest BCUT2D eigenvalue weighted by atomic mass is 32.2. The number of nitrogens with zero attached hydrogens (tertiary/aromatic N) is 3. The van der Waals surface area contributed by atoms with Crippen LogP contribution in [-0.2, 0) is 9.84 Å². The molecular formula is C9H14N4O4S. The van der Waals surface area contributed by atoms with Crippen molar-refractivity contribution in [1.82, 2.24) is 4.98 Å². The van der Waals surface area contributed by atoms with Gasteiger partial charge in [0.05, 0.1) is 10.7 Å².